The van der Waals surface area contributed by atoms with Gasteiger partial charge in [0.15, 0.2) is 0 Å². The first kappa shape index (κ1) is 16.4. The molecular weight excluding hydrogens is 272 g/mol. The van der Waals surface area contributed by atoms with E-state index >= 15 is 0 Å². The molecule has 19 heavy (non-hydrogen) atoms. The van der Waals surface area contributed by atoms with Gasteiger partial charge in [0.05, 0.1) is 5.92 Å². The molecule has 7 nitrogen and oxygen atoms in total. The van der Waals surface area contributed by atoms with Gasteiger partial charge in [-0.3, -0.25) is 4.79 Å². The van der Waals surface area contributed by atoms with Crippen LogP contribution in [0.4, 0.5) is 0 Å². The molecule has 0 amide bonds. The minimum Gasteiger partial charge on any atom is -0.481 e. The van der Waals surface area contributed by atoms with E-state index < -0.39 is 22.1 Å². The fourth-order valence-corrected chi connectivity index (χ4v) is 3.75. The van der Waals surface area contributed by atoms with Crippen LogP contribution in [-0.4, -0.2) is 54.6 Å². The van der Waals surface area contributed by atoms with Crippen LogP contribution >= 0.6 is 0 Å². The van der Waals surface area contributed by atoms with Gasteiger partial charge < -0.3 is 10.2 Å². The lowest BCUT2D eigenvalue weighted by Gasteiger charge is -2.31. The fourth-order valence-electron chi connectivity index (χ4n) is 2.15. The zero-order valence-electron chi connectivity index (χ0n) is 11.1. The van der Waals surface area contributed by atoms with Gasteiger partial charge in [0.2, 0.25) is 0 Å². The van der Waals surface area contributed by atoms with Gasteiger partial charge in [0, 0.05) is 25.7 Å². The number of hydrogen-bond acceptors (Lipinski definition) is 4. The molecule has 2 atom stereocenters. The highest BCUT2D eigenvalue weighted by Gasteiger charge is 2.33. The number of rotatable bonds is 7. The molecule has 0 aromatic rings. The summed E-state index contributed by atoms with van der Waals surface area (Å²) in [5.74, 6) is -1.59. The van der Waals surface area contributed by atoms with Gasteiger partial charge in [-0.15, -0.1) is 0 Å². The summed E-state index contributed by atoms with van der Waals surface area (Å²) >= 11 is 0. The molecule has 0 saturated carbocycles. The lowest BCUT2D eigenvalue weighted by molar-refractivity contribution is -0.142. The van der Waals surface area contributed by atoms with Crippen molar-refractivity contribution in [3.8, 4) is 0 Å². The van der Waals surface area contributed by atoms with E-state index in [1.165, 1.54) is 4.31 Å². The van der Waals surface area contributed by atoms with Gasteiger partial charge in [-0.2, -0.15) is 17.4 Å². The Morgan fingerprint density at radius 1 is 1.53 bits per heavy atom. The molecule has 0 bridgehead atoms. The number of aliphatic carboxylic acids is 1. The molecule has 1 saturated heterocycles. The molecule has 1 aliphatic heterocycles. The van der Waals surface area contributed by atoms with Crippen LogP contribution < -0.4 is 4.72 Å². The topological polar surface area (TPSA) is 107 Å². The number of nitrogens with zero attached hydrogens (tertiary/aromatic N) is 1. The predicted molar refractivity (Wildman–Crippen MR) is 69.8 cm³/mol. The van der Waals surface area contributed by atoms with E-state index in [0.29, 0.717) is 32.2 Å². The van der Waals surface area contributed by atoms with Crippen molar-refractivity contribution in [2.45, 2.75) is 38.6 Å². The van der Waals surface area contributed by atoms with Gasteiger partial charge in [0.1, 0.15) is 0 Å². The number of carbonyl (C=O) groups is 1. The maximum atomic E-state index is 12.1. The SMILES string of the molecule is CCC(CCO)NS(=O)(=O)N1CCCC(C(=O)O)C1. The van der Waals surface area contributed by atoms with Crippen molar-refractivity contribution in [3.63, 3.8) is 0 Å². The van der Waals surface area contributed by atoms with Crippen molar-refractivity contribution in [1.82, 2.24) is 9.03 Å². The molecule has 1 aliphatic rings. The summed E-state index contributed by atoms with van der Waals surface area (Å²) in [7, 11) is -3.67. The summed E-state index contributed by atoms with van der Waals surface area (Å²) < 4.78 is 28.0. The van der Waals surface area contributed by atoms with Gasteiger partial charge in [0.25, 0.3) is 10.2 Å². The number of carboxylic acids is 1. The Balaban J connectivity index is 2.68. The first-order valence-electron chi connectivity index (χ1n) is 6.51. The third-order valence-electron chi connectivity index (χ3n) is 3.36. The van der Waals surface area contributed by atoms with Crippen LogP contribution in [0.5, 0.6) is 0 Å². The van der Waals surface area contributed by atoms with Gasteiger partial charge >= 0.3 is 5.97 Å². The first-order valence-corrected chi connectivity index (χ1v) is 7.95. The van der Waals surface area contributed by atoms with E-state index in [9.17, 15) is 13.2 Å². The number of aliphatic hydroxyl groups excluding tert-OH is 1. The van der Waals surface area contributed by atoms with E-state index in [4.69, 9.17) is 10.2 Å². The van der Waals surface area contributed by atoms with Crippen molar-refractivity contribution in [2.75, 3.05) is 19.7 Å². The van der Waals surface area contributed by atoms with E-state index in [2.05, 4.69) is 4.72 Å². The second-order valence-electron chi connectivity index (χ2n) is 4.78. The molecule has 0 aromatic heterocycles. The number of carboxylic acid groups (broad SMARTS) is 1. The summed E-state index contributed by atoms with van der Waals surface area (Å²) in [6.07, 6.45) is 1.99. The number of nitrogens with one attached hydrogen (secondary N) is 1. The van der Waals surface area contributed by atoms with Crippen molar-refractivity contribution in [2.24, 2.45) is 5.92 Å². The Morgan fingerprint density at radius 3 is 2.74 bits per heavy atom. The lowest BCUT2D eigenvalue weighted by Crippen LogP contribution is -2.50. The fraction of sp³-hybridized carbons (Fsp3) is 0.909. The zero-order valence-corrected chi connectivity index (χ0v) is 11.9. The van der Waals surface area contributed by atoms with E-state index in [1.54, 1.807) is 0 Å². The molecular formula is C11H22N2O5S. The summed E-state index contributed by atoms with van der Waals surface area (Å²) in [6.45, 7) is 2.10. The summed E-state index contributed by atoms with van der Waals surface area (Å²) in [5.41, 5.74) is 0. The summed E-state index contributed by atoms with van der Waals surface area (Å²) in [5, 5.41) is 17.8. The molecule has 0 spiro atoms. The molecule has 1 rings (SSSR count). The van der Waals surface area contributed by atoms with Gasteiger partial charge in [-0.25, -0.2) is 0 Å². The third kappa shape index (κ3) is 4.72. The Bertz CT molecular complexity index is 398. The smallest absolute Gasteiger partial charge is 0.307 e. The van der Waals surface area contributed by atoms with Crippen molar-refractivity contribution < 1.29 is 23.4 Å². The maximum absolute atomic E-state index is 12.1. The largest absolute Gasteiger partial charge is 0.481 e. The number of aliphatic hydroxyl groups is 1. The second kappa shape index (κ2) is 7.18. The molecule has 1 fully saturated rings. The maximum Gasteiger partial charge on any atom is 0.307 e. The molecule has 8 heteroatoms. The highest BCUT2D eigenvalue weighted by atomic mass is 32.2. The van der Waals surface area contributed by atoms with Crippen molar-refractivity contribution in [3.05, 3.63) is 0 Å². The van der Waals surface area contributed by atoms with Crippen LogP contribution in [0.2, 0.25) is 0 Å². The standard InChI is InChI=1S/C11H22N2O5S/c1-2-10(5-7-14)12-19(17,18)13-6-3-4-9(8-13)11(15)16/h9-10,12,14H,2-8H2,1H3,(H,15,16). The minimum absolute atomic E-state index is 0.0141. The quantitative estimate of drug-likeness (QED) is 0.601. The highest BCUT2D eigenvalue weighted by molar-refractivity contribution is 7.87. The Morgan fingerprint density at radius 2 is 2.21 bits per heavy atom. The Kier molecular flexibility index (Phi) is 6.18. The van der Waals surface area contributed by atoms with E-state index in [0.717, 1.165) is 0 Å². The van der Waals surface area contributed by atoms with E-state index in [1.807, 2.05) is 6.92 Å². The van der Waals surface area contributed by atoms with Crippen LogP contribution in [0.3, 0.4) is 0 Å². The van der Waals surface area contributed by atoms with Crippen LogP contribution in [0.25, 0.3) is 0 Å². The minimum atomic E-state index is -3.67. The molecule has 2 unspecified atom stereocenters. The molecule has 0 radical (unpaired) electrons. The monoisotopic (exact) mass is 294 g/mol. The highest BCUT2D eigenvalue weighted by Crippen LogP contribution is 2.19. The average Bonchev–Trinajstić information content (AvgIpc) is 2.38. The van der Waals surface area contributed by atoms with Crippen molar-refractivity contribution >= 4 is 16.2 Å². The molecule has 0 aromatic carbocycles. The van der Waals surface area contributed by atoms with Crippen LogP contribution in [0, 0.1) is 5.92 Å². The van der Waals surface area contributed by atoms with Crippen LogP contribution in [0.1, 0.15) is 32.6 Å². The summed E-state index contributed by atoms with van der Waals surface area (Å²) in [4.78, 5) is 10.9. The normalized spacial score (nSPS) is 23.2. The number of piperidine rings is 1. The molecule has 3 N–H and O–H groups in total. The Labute approximate surface area is 113 Å². The predicted octanol–water partition coefficient (Wildman–Crippen LogP) is -0.222. The molecule has 112 valence electrons. The second-order valence-corrected chi connectivity index (χ2v) is 6.48. The molecule has 1 heterocycles. The van der Waals surface area contributed by atoms with Crippen LogP contribution in [0.15, 0.2) is 0 Å². The molecule has 0 aliphatic carbocycles. The third-order valence-corrected chi connectivity index (χ3v) is 5.00. The summed E-state index contributed by atoms with van der Waals surface area (Å²) in [6, 6.07) is -0.319. The van der Waals surface area contributed by atoms with Crippen LogP contribution in [-0.2, 0) is 15.0 Å². The average molecular weight is 294 g/mol. The van der Waals surface area contributed by atoms with Gasteiger partial charge in [-0.05, 0) is 25.7 Å². The lowest BCUT2D eigenvalue weighted by atomic mass is 10.0. The number of hydrogen-bond donors (Lipinski definition) is 3. The van der Waals surface area contributed by atoms with Gasteiger partial charge in [-0.1, -0.05) is 6.92 Å². The Hall–Kier alpha value is -0.700. The zero-order chi connectivity index (χ0) is 14.5. The first-order chi connectivity index (χ1) is 8.90. The van der Waals surface area contributed by atoms with E-state index in [-0.39, 0.29) is 19.2 Å². The van der Waals surface area contributed by atoms with Crippen molar-refractivity contribution in [1.29, 1.82) is 0 Å².